The molecule has 0 saturated carbocycles. The zero-order valence-electron chi connectivity index (χ0n) is 12.1. The zero-order valence-corrected chi connectivity index (χ0v) is 13.7. The number of carbonyl (C=O) groups is 1. The summed E-state index contributed by atoms with van der Waals surface area (Å²) in [6.07, 6.45) is 1.23. The minimum Gasteiger partial charge on any atom is -0.326 e. The number of amides is 1. The first-order chi connectivity index (χ1) is 10.6. The van der Waals surface area contributed by atoms with Crippen molar-refractivity contribution in [3.05, 3.63) is 64.4 Å². The van der Waals surface area contributed by atoms with Crippen molar-refractivity contribution in [1.82, 2.24) is 5.32 Å². The number of anilines is 1. The molecule has 0 aliphatic rings. The second-order valence-corrected chi connectivity index (χ2v) is 5.85. The van der Waals surface area contributed by atoms with Gasteiger partial charge in [0.25, 0.3) is 0 Å². The third-order valence-electron chi connectivity index (χ3n) is 3.14. The molecule has 0 saturated heterocycles. The molecule has 0 heterocycles. The van der Waals surface area contributed by atoms with Crippen molar-refractivity contribution in [3.8, 4) is 0 Å². The van der Waals surface area contributed by atoms with Crippen LogP contribution in [0.2, 0.25) is 0 Å². The fraction of sp³-hybridized carbons (Fsp3) is 0.235. The maximum atomic E-state index is 12.8. The largest absolute Gasteiger partial charge is 0.326 e. The molecule has 0 aliphatic carbocycles. The molecule has 0 aliphatic heterocycles. The topological polar surface area (TPSA) is 41.1 Å². The molecular weight excluding hydrogens is 347 g/mol. The molecule has 0 unspecified atom stereocenters. The van der Waals surface area contributed by atoms with Crippen LogP contribution in [0.25, 0.3) is 0 Å². The van der Waals surface area contributed by atoms with E-state index < -0.39 is 0 Å². The second-order valence-electron chi connectivity index (χ2n) is 4.93. The summed E-state index contributed by atoms with van der Waals surface area (Å²) in [4.78, 5) is 11.8. The molecule has 0 spiro atoms. The van der Waals surface area contributed by atoms with Crippen LogP contribution in [-0.2, 0) is 11.2 Å². The molecule has 1 amide bonds. The van der Waals surface area contributed by atoms with Crippen LogP contribution in [0.1, 0.15) is 12.0 Å². The van der Waals surface area contributed by atoms with Crippen molar-refractivity contribution in [3.63, 3.8) is 0 Å². The van der Waals surface area contributed by atoms with Gasteiger partial charge >= 0.3 is 0 Å². The fourth-order valence-corrected chi connectivity index (χ4v) is 2.40. The quantitative estimate of drug-likeness (QED) is 0.734. The summed E-state index contributed by atoms with van der Waals surface area (Å²) in [5.41, 5.74) is 1.86. The van der Waals surface area contributed by atoms with E-state index in [2.05, 4.69) is 26.6 Å². The Balaban J connectivity index is 1.62. The van der Waals surface area contributed by atoms with E-state index in [4.69, 9.17) is 0 Å². The molecular formula is C17H18BrFN2O. The molecule has 0 radical (unpaired) electrons. The average molecular weight is 365 g/mol. The van der Waals surface area contributed by atoms with Gasteiger partial charge in [0.2, 0.25) is 5.91 Å². The van der Waals surface area contributed by atoms with E-state index in [0.717, 1.165) is 28.7 Å². The van der Waals surface area contributed by atoms with E-state index >= 15 is 0 Å². The highest BCUT2D eigenvalue weighted by molar-refractivity contribution is 9.10. The maximum Gasteiger partial charge on any atom is 0.225 e. The molecule has 116 valence electrons. The van der Waals surface area contributed by atoms with Crippen molar-refractivity contribution in [2.75, 3.05) is 18.4 Å². The van der Waals surface area contributed by atoms with Crippen molar-refractivity contribution in [2.24, 2.45) is 0 Å². The van der Waals surface area contributed by atoms with Gasteiger partial charge in [-0.05, 0) is 48.9 Å². The summed E-state index contributed by atoms with van der Waals surface area (Å²) in [5.74, 6) is -0.242. The van der Waals surface area contributed by atoms with Crippen molar-refractivity contribution >= 4 is 27.5 Å². The van der Waals surface area contributed by atoms with Gasteiger partial charge < -0.3 is 10.6 Å². The lowest BCUT2D eigenvalue weighted by Gasteiger charge is -2.07. The van der Waals surface area contributed by atoms with Crippen LogP contribution < -0.4 is 10.6 Å². The molecule has 2 N–H and O–H groups in total. The van der Waals surface area contributed by atoms with Crippen molar-refractivity contribution < 1.29 is 9.18 Å². The zero-order chi connectivity index (χ0) is 15.8. The summed E-state index contributed by atoms with van der Waals surface area (Å²) >= 11 is 3.36. The maximum absolute atomic E-state index is 12.8. The molecule has 2 aromatic carbocycles. The van der Waals surface area contributed by atoms with Crippen LogP contribution in [-0.4, -0.2) is 19.0 Å². The van der Waals surface area contributed by atoms with E-state index in [9.17, 15) is 9.18 Å². The minimum absolute atomic E-state index is 0.0209. The molecule has 2 rings (SSSR count). The van der Waals surface area contributed by atoms with E-state index in [0.29, 0.717) is 13.0 Å². The van der Waals surface area contributed by atoms with Gasteiger partial charge in [-0.3, -0.25) is 4.79 Å². The van der Waals surface area contributed by atoms with Crippen LogP contribution in [0.5, 0.6) is 0 Å². The number of benzene rings is 2. The minimum atomic E-state index is -0.221. The number of rotatable bonds is 7. The van der Waals surface area contributed by atoms with E-state index in [1.165, 1.54) is 12.1 Å². The molecule has 22 heavy (non-hydrogen) atoms. The van der Waals surface area contributed by atoms with Crippen LogP contribution >= 0.6 is 15.9 Å². The normalized spacial score (nSPS) is 10.5. The molecule has 2 aromatic rings. The summed E-state index contributed by atoms with van der Waals surface area (Å²) in [6, 6.07) is 14.0. The molecule has 0 bridgehead atoms. The predicted molar refractivity (Wildman–Crippen MR) is 90.4 cm³/mol. The summed E-state index contributed by atoms with van der Waals surface area (Å²) in [7, 11) is 0. The number of carbonyl (C=O) groups excluding carboxylic acids is 1. The van der Waals surface area contributed by atoms with Gasteiger partial charge in [0.05, 0.1) is 0 Å². The summed E-state index contributed by atoms with van der Waals surface area (Å²) in [6.45, 7) is 1.37. The monoisotopic (exact) mass is 364 g/mol. The standard InChI is InChI=1S/C17H18BrFN2O/c18-14-2-1-3-16(12-14)21-17(22)9-11-20-10-8-13-4-6-15(19)7-5-13/h1-7,12,20H,8-11H2,(H,21,22). The molecule has 0 fully saturated rings. The van der Waals surface area contributed by atoms with Gasteiger partial charge in [0, 0.05) is 23.1 Å². The Hall–Kier alpha value is -1.72. The molecule has 0 atom stereocenters. The lowest BCUT2D eigenvalue weighted by atomic mass is 10.1. The number of hydrogen-bond donors (Lipinski definition) is 2. The first-order valence-corrected chi connectivity index (χ1v) is 7.93. The third-order valence-corrected chi connectivity index (χ3v) is 3.63. The Morgan fingerprint density at radius 3 is 2.59 bits per heavy atom. The van der Waals surface area contributed by atoms with E-state index in [-0.39, 0.29) is 11.7 Å². The predicted octanol–water partition coefficient (Wildman–Crippen LogP) is 3.75. The van der Waals surface area contributed by atoms with Gasteiger partial charge in [0.15, 0.2) is 0 Å². The van der Waals surface area contributed by atoms with Crippen LogP contribution in [0.4, 0.5) is 10.1 Å². The van der Waals surface area contributed by atoms with Crippen molar-refractivity contribution in [2.45, 2.75) is 12.8 Å². The number of halogens is 2. The van der Waals surface area contributed by atoms with Crippen molar-refractivity contribution in [1.29, 1.82) is 0 Å². The average Bonchev–Trinajstić information content (AvgIpc) is 2.49. The Morgan fingerprint density at radius 2 is 1.86 bits per heavy atom. The lowest BCUT2D eigenvalue weighted by Crippen LogP contribution is -2.23. The third kappa shape index (κ3) is 5.95. The fourth-order valence-electron chi connectivity index (χ4n) is 2.00. The van der Waals surface area contributed by atoms with Gasteiger partial charge in [0.1, 0.15) is 5.82 Å². The first kappa shape index (κ1) is 16.6. The van der Waals surface area contributed by atoms with Gasteiger partial charge in [-0.1, -0.05) is 34.1 Å². The molecule has 3 nitrogen and oxygen atoms in total. The molecule has 5 heteroatoms. The van der Waals surface area contributed by atoms with Gasteiger partial charge in [-0.25, -0.2) is 4.39 Å². The van der Waals surface area contributed by atoms with Gasteiger partial charge in [-0.15, -0.1) is 0 Å². The Bertz CT molecular complexity index is 616. The Kier molecular flexibility index (Phi) is 6.55. The smallest absolute Gasteiger partial charge is 0.225 e. The number of hydrogen-bond acceptors (Lipinski definition) is 2. The summed E-state index contributed by atoms with van der Waals surface area (Å²) < 4.78 is 13.7. The van der Waals surface area contributed by atoms with Crippen LogP contribution in [0.3, 0.4) is 0 Å². The van der Waals surface area contributed by atoms with Crippen LogP contribution in [0, 0.1) is 5.82 Å². The van der Waals surface area contributed by atoms with E-state index in [1.54, 1.807) is 12.1 Å². The highest BCUT2D eigenvalue weighted by Crippen LogP contribution is 2.15. The molecule has 0 aromatic heterocycles. The second kappa shape index (κ2) is 8.66. The van der Waals surface area contributed by atoms with Crippen LogP contribution in [0.15, 0.2) is 53.0 Å². The first-order valence-electron chi connectivity index (χ1n) is 7.14. The Morgan fingerprint density at radius 1 is 1.09 bits per heavy atom. The van der Waals surface area contributed by atoms with E-state index in [1.807, 2.05) is 24.3 Å². The van der Waals surface area contributed by atoms with Gasteiger partial charge in [-0.2, -0.15) is 0 Å². The lowest BCUT2D eigenvalue weighted by molar-refractivity contribution is -0.116. The highest BCUT2D eigenvalue weighted by Gasteiger charge is 2.02. The highest BCUT2D eigenvalue weighted by atomic mass is 79.9. The Labute approximate surface area is 138 Å². The SMILES string of the molecule is O=C(CCNCCc1ccc(F)cc1)Nc1cccc(Br)c1. The number of nitrogens with one attached hydrogen (secondary N) is 2. The summed E-state index contributed by atoms with van der Waals surface area (Å²) in [5, 5.41) is 6.06.